The molecule has 0 atom stereocenters. The van der Waals surface area contributed by atoms with Gasteiger partial charge in [-0.1, -0.05) is 23.8 Å². The lowest BCUT2D eigenvalue weighted by molar-refractivity contribution is -0.120. The number of hydrazine groups is 1. The molecule has 1 saturated carbocycles. The van der Waals surface area contributed by atoms with E-state index in [2.05, 4.69) is 26.3 Å². The van der Waals surface area contributed by atoms with E-state index >= 15 is 0 Å². The van der Waals surface area contributed by atoms with E-state index in [9.17, 15) is 9.59 Å². The average Bonchev–Trinajstić information content (AvgIpc) is 3.65. The van der Waals surface area contributed by atoms with Crippen molar-refractivity contribution < 1.29 is 9.59 Å². The van der Waals surface area contributed by atoms with E-state index in [1.165, 1.54) is 0 Å². The number of pyridine rings is 2. The van der Waals surface area contributed by atoms with E-state index < -0.39 is 5.91 Å². The second-order valence-corrected chi connectivity index (χ2v) is 8.93. The van der Waals surface area contributed by atoms with E-state index in [4.69, 9.17) is 4.98 Å². The Balaban J connectivity index is 1.36. The topological polar surface area (TPSA) is 114 Å². The molecule has 3 aromatic heterocycles. The van der Waals surface area contributed by atoms with Crippen LogP contribution in [0.5, 0.6) is 0 Å². The summed E-state index contributed by atoms with van der Waals surface area (Å²) in [6.07, 6.45) is 3.77. The number of fused-ring (bicyclic) bond motifs is 1. The molecule has 3 N–H and O–H groups in total. The summed E-state index contributed by atoms with van der Waals surface area (Å²) in [4.78, 5) is 34.8. The molecule has 1 aliphatic carbocycles. The Morgan fingerprint density at radius 1 is 1.06 bits per heavy atom. The number of benzene rings is 1. The van der Waals surface area contributed by atoms with Crippen molar-refractivity contribution in [3.05, 3.63) is 76.7 Å². The van der Waals surface area contributed by atoms with Crippen molar-refractivity contribution in [1.82, 2.24) is 30.6 Å². The lowest BCUT2D eigenvalue weighted by Gasteiger charge is -2.12. The molecule has 9 heteroatoms. The van der Waals surface area contributed by atoms with Crippen LogP contribution < -0.4 is 16.2 Å². The zero-order valence-electron chi connectivity index (χ0n) is 19.9. The van der Waals surface area contributed by atoms with Gasteiger partial charge in [0.25, 0.3) is 11.8 Å². The highest BCUT2D eigenvalue weighted by Crippen LogP contribution is 2.40. The summed E-state index contributed by atoms with van der Waals surface area (Å²) in [5.74, 6) is 0.188. The van der Waals surface area contributed by atoms with Crippen LogP contribution in [-0.4, -0.2) is 38.1 Å². The fraction of sp³-hybridized carbons (Fsp3) is 0.269. The van der Waals surface area contributed by atoms with Crippen LogP contribution in [0.4, 0.5) is 5.69 Å². The lowest BCUT2D eigenvalue weighted by Crippen LogP contribution is -2.44. The van der Waals surface area contributed by atoms with Crippen molar-refractivity contribution in [2.45, 2.75) is 39.5 Å². The fourth-order valence-corrected chi connectivity index (χ4v) is 4.14. The number of hydrogen-bond donors (Lipinski definition) is 3. The molecule has 178 valence electrons. The highest BCUT2D eigenvalue weighted by Gasteiger charge is 2.29. The molecule has 5 rings (SSSR count). The maximum Gasteiger partial charge on any atom is 0.270 e. The van der Waals surface area contributed by atoms with E-state index in [1.54, 1.807) is 10.9 Å². The lowest BCUT2D eigenvalue weighted by atomic mass is 10.1. The molecular formula is C26H27N7O2. The van der Waals surface area contributed by atoms with Crippen LogP contribution in [-0.2, 0) is 4.79 Å². The number of rotatable bonds is 6. The first-order chi connectivity index (χ1) is 16.9. The predicted octanol–water partition coefficient (Wildman–Crippen LogP) is 3.49. The highest BCUT2D eigenvalue weighted by atomic mass is 16.2. The van der Waals surface area contributed by atoms with Gasteiger partial charge in [0.1, 0.15) is 0 Å². The zero-order chi connectivity index (χ0) is 24.5. The number of amides is 2. The van der Waals surface area contributed by atoms with Gasteiger partial charge < -0.3 is 5.32 Å². The molecule has 0 aliphatic heterocycles. The van der Waals surface area contributed by atoms with Gasteiger partial charge in [-0.2, -0.15) is 9.78 Å². The Bertz CT molecular complexity index is 1420. The minimum absolute atomic E-state index is 0.0277. The molecule has 1 aliphatic rings. The van der Waals surface area contributed by atoms with Crippen molar-refractivity contribution in [2.75, 3.05) is 11.9 Å². The number of aromatic nitrogens is 4. The predicted molar refractivity (Wildman–Crippen MR) is 133 cm³/mol. The van der Waals surface area contributed by atoms with Gasteiger partial charge in [0, 0.05) is 23.5 Å². The number of anilines is 1. The van der Waals surface area contributed by atoms with Crippen LogP contribution in [0.3, 0.4) is 0 Å². The van der Waals surface area contributed by atoms with E-state index in [-0.39, 0.29) is 12.5 Å². The highest BCUT2D eigenvalue weighted by molar-refractivity contribution is 6.07. The third-order valence-electron chi connectivity index (χ3n) is 6.08. The molecule has 1 fully saturated rings. The van der Waals surface area contributed by atoms with Crippen molar-refractivity contribution in [2.24, 2.45) is 0 Å². The van der Waals surface area contributed by atoms with Crippen molar-refractivity contribution in [3.8, 4) is 5.82 Å². The van der Waals surface area contributed by atoms with Gasteiger partial charge in [0.15, 0.2) is 11.5 Å². The van der Waals surface area contributed by atoms with Gasteiger partial charge in [0.05, 0.1) is 23.2 Å². The Morgan fingerprint density at radius 3 is 2.60 bits per heavy atom. The van der Waals surface area contributed by atoms with Gasteiger partial charge >= 0.3 is 0 Å². The Hall–Kier alpha value is -4.27. The second kappa shape index (κ2) is 9.17. The Labute approximate surface area is 202 Å². The smallest absolute Gasteiger partial charge is 0.270 e. The van der Waals surface area contributed by atoms with Gasteiger partial charge in [0.2, 0.25) is 0 Å². The summed E-state index contributed by atoms with van der Waals surface area (Å²) in [7, 11) is 0. The van der Waals surface area contributed by atoms with Crippen molar-refractivity contribution in [1.29, 1.82) is 0 Å². The number of carbonyl (C=O) groups is 2. The molecule has 1 aromatic carbocycles. The number of nitrogens with one attached hydrogen (secondary N) is 3. The summed E-state index contributed by atoms with van der Waals surface area (Å²) in [6, 6.07) is 13.3. The summed E-state index contributed by atoms with van der Waals surface area (Å²) in [5, 5.41) is 8.35. The molecule has 0 bridgehead atoms. The first-order valence-corrected chi connectivity index (χ1v) is 11.6. The standard InChI is InChI=1S/C26H27N7O2/c1-15-7-10-20(16(2)12-15)28-14-23(34)30-31-26(35)19-13-21(18-8-9-18)29-25-24(19)17(3)32-33(25)22-6-4-5-11-27-22/h4-7,10-13,18,28H,8-9,14H2,1-3H3,(H,30,34)(H,31,35). The van der Waals surface area contributed by atoms with Gasteiger partial charge in [-0.15, -0.1) is 0 Å². The van der Waals surface area contributed by atoms with E-state index in [0.717, 1.165) is 35.3 Å². The SMILES string of the molecule is Cc1ccc(NCC(=O)NNC(=O)c2cc(C3CC3)nc3c2c(C)nn3-c2ccccn2)c(C)c1. The van der Waals surface area contributed by atoms with Gasteiger partial charge in [-0.3, -0.25) is 20.4 Å². The van der Waals surface area contributed by atoms with Crippen LogP contribution >= 0.6 is 0 Å². The molecule has 0 unspecified atom stereocenters. The minimum atomic E-state index is -0.414. The largest absolute Gasteiger partial charge is 0.376 e. The van der Waals surface area contributed by atoms with Crippen LogP contribution in [0, 0.1) is 20.8 Å². The van der Waals surface area contributed by atoms with Crippen molar-refractivity contribution in [3.63, 3.8) is 0 Å². The number of aryl methyl sites for hydroxylation is 3. The number of carbonyl (C=O) groups excluding carboxylic acids is 2. The quantitative estimate of drug-likeness (QED) is 0.373. The second-order valence-electron chi connectivity index (χ2n) is 8.93. The summed E-state index contributed by atoms with van der Waals surface area (Å²) in [5.41, 5.74) is 10.7. The molecule has 0 radical (unpaired) electrons. The first kappa shape index (κ1) is 22.5. The first-order valence-electron chi connectivity index (χ1n) is 11.6. The monoisotopic (exact) mass is 469 g/mol. The molecule has 0 saturated heterocycles. The van der Waals surface area contributed by atoms with Crippen LogP contribution in [0.1, 0.15) is 51.6 Å². The summed E-state index contributed by atoms with van der Waals surface area (Å²) >= 11 is 0. The van der Waals surface area contributed by atoms with Crippen LogP contribution in [0.15, 0.2) is 48.7 Å². The third-order valence-corrected chi connectivity index (χ3v) is 6.08. The third kappa shape index (κ3) is 4.70. The summed E-state index contributed by atoms with van der Waals surface area (Å²) in [6.45, 7) is 5.86. The van der Waals surface area contributed by atoms with Gasteiger partial charge in [-0.05, 0) is 63.4 Å². The average molecular weight is 470 g/mol. The Kier molecular flexibility index (Phi) is 5.90. The number of nitrogens with zero attached hydrogens (tertiary/aromatic N) is 4. The van der Waals surface area contributed by atoms with Gasteiger partial charge in [-0.25, -0.2) is 9.97 Å². The molecule has 3 heterocycles. The molecule has 9 nitrogen and oxygen atoms in total. The molecular weight excluding hydrogens is 442 g/mol. The van der Waals surface area contributed by atoms with Crippen LogP contribution in [0.25, 0.3) is 16.9 Å². The normalized spacial score (nSPS) is 13.0. The summed E-state index contributed by atoms with van der Waals surface area (Å²) < 4.78 is 1.67. The minimum Gasteiger partial charge on any atom is -0.376 e. The zero-order valence-corrected chi connectivity index (χ0v) is 19.9. The number of hydrogen-bond acceptors (Lipinski definition) is 6. The molecule has 2 amide bonds. The molecule has 0 spiro atoms. The molecule has 35 heavy (non-hydrogen) atoms. The molecule has 4 aromatic rings. The fourth-order valence-electron chi connectivity index (χ4n) is 4.14. The maximum absolute atomic E-state index is 13.2. The van der Waals surface area contributed by atoms with E-state index in [1.807, 2.05) is 63.2 Å². The van der Waals surface area contributed by atoms with Crippen molar-refractivity contribution >= 4 is 28.5 Å². The Morgan fingerprint density at radius 2 is 1.89 bits per heavy atom. The van der Waals surface area contributed by atoms with E-state index in [0.29, 0.717) is 34.0 Å². The maximum atomic E-state index is 13.2. The van der Waals surface area contributed by atoms with Crippen LogP contribution in [0.2, 0.25) is 0 Å².